The molecule has 0 amide bonds. The Bertz CT molecular complexity index is 308. The van der Waals surface area contributed by atoms with Crippen LogP contribution in [0.5, 0.6) is 0 Å². The zero-order chi connectivity index (χ0) is 11.3. The topological polar surface area (TPSA) is 50.9 Å². The van der Waals surface area contributed by atoms with Crippen molar-refractivity contribution in [3.8, 4) is 0 Å². The van der Waals surface area contributed by atoms with E-state index in [4.69, 9.17) is 5.73 Å². The van der Waals surface area contributed by atoms with Crippen LogP contribution in [-0.4, -0.2) is 11.0 Å². The van der Waals surface area contributed by atoms with Gasteiger partial charge in [-0.15, -0.1) is 0 Å². The van der Waals surface area contributed by atoms with Gasteiger partial charge in [-0.2, -0.15) is 0 Å². The molecule has 1 rings (SSSR count). The molecule has 0 saturated carbocycles. The van der Waals surface area contributed by atoms with Gasteiger partial charge in [0.2, 0.25) is 0 Å². The number of aromatic nitrogens is 1. The van der Waals surface area contributed by atoms with Crippen molar-refractivity contribution in [3.63, 3.8) is 0 Å². The van der Waals surface area contributed by atoms with Crippen molar-refractivity contribution >= 4 is 5.82 Å². The lowest BCUT2D eigenvalue weighted by Gasteiger charge is -2.12. The molecule has 0 aliphatic rings. The second-order valence-electron chi connectivity index (χ2n) is 4.11. The van der Waals surface area contributed by atoms with E-state index in [1.807, 2.05) is 6.07 Å². The number of hydrogen-bond acceptors (Lipinski definition) is 3. The molecule has 1 aromatic rings. The van der Waals surface area contributed by atoms with Crippen molar-refractivity contribution in [2.24, 2.45) is 5.73 Å². The molecule has 0 bridgehead atoms. The van der Waals surface area contributed by atoms with E-state index in [-0.39, 0.29) is 0 Å². The third-order valence-corrected chi connectivity index (χ3v) is 2.12. The molecular formula is C12H21N3. The van der Waals surface area contributed by atoms with Crippen LogP contribution in [0, 0.1) is 0 Å². The molecule has 3 nitrogen and oxygen atoms in total. The minimum atomic E-state index is 0.403. The lowest BCUT2D eigenvalue weighted by atomic mass is 10.1. The number of rotatable bonds is 5. The van der Waals surface area contributed by atoms with Gasteiger partial charge in [-0.05, 0) is 38.0 Å². The third-order valence-electron chi connectivity index (χ3n) is 2.12. The molecule has 15 heavy (non-hydrogen) atoms. The highest BCUT2D eigenvalue weighted by atomic mass is 15.0. The fourth-order valence-electron chi connectivity index (χ4n) is 1.52. The lowest BCUT2D eigenvalue weighted by molar-refractivity contribution is 0.852. The number of pyridine rings is 1. The highest BCUT2D eigenvalue weighted by molar-refractivity contribution is 5.40. The predicted molar refractivity (Wildman–Crippen MR) is 64.9 cm³/mol. The normalized spacial score (nSPS) is 10.7. The first-order chi connectivity index (χ1) is 7.15. The molecule has 0 aliphatic carbocycles. The molecule has 0 saturated heterocycles. The third kappa shape index (κ3) is 3.88. The average molecular weight is 207 g/mol. The molecule has 84 valence electrons. The minimum absolute atomic E-state index is 0.403. The highest BCUT2D eigenvalue weighted by Crippen LogP contribution is 2.12. The van der Waals surface area contributed by atoms with E-state index in [1.165, 1.54) is 0 Å². The molecule has 0 aliphatic heterocycles. The first-order valence-corrected chi connectivity index (χ1v) is 5.62. The summed E-state index contributed by atoms with van der Waals surface area (Å²) >= 11 is 0. The molecule has 0 unspecified atom stereocenters. The summed E-state index contributed by atoms with van der Waals surface area (Å²) in [7, 11) is 0. The summed E-state index contributed by atoms with van der Waals surface area (Å²) < 4.78 is 0. The van der Waals surface area contributed by atoms with Gasteiger partial charge in [-0.25, -0.2) is 4.98 Å². The van der Waals surface area contributed by atoms with Crippen LogP contribution in [0.15, 0.2) is 12.1 Å². The second-order valence-corrected chi connectivity index (χ2v) is 4.11. The SMILES string of the molecule is CCCc1cc(CN)cc(NC(C)C)n1. The van der Waals surface area contributed by atoms with Crippen molar-refractivity contribution < 1.29 is 0 Å². The standard InChI is InChI=1S/C12H21N3/c1-4-5-11-6-10(8-13)7-12(15-11)14-9(2)3/h6-7,9H,4-5,8,13H2,1-3H3,(H,14,15). The van der Waals surface area contributed by atoms with Crippen molar-refractivity contribution in [1.82, 2.24) is 4.98 Å². The first-order valence-electron chi connectivity index (χ1n) is 5.62. The van der Waals surface area contributed by atoms with Crippen LogP contribution in [0.4, 0.5) is 5.82 Å². The maximum atomic E-state index is 5.66. The van der Waals surface area contributed by atoms with Crippen molar-refractivity contribution in [1.29, 1.82) is 0 Å². The van der Waals surface area contributed by atoms with Crippen molar-refractivity contribution in [2.45, 2.75) is 46.2 Å². The van der Waals surface area contributed by atoms with E-state index >= 15 is 0 Å². The van der Waals surface area contributed by atoms with Crippen LogP contribution < -0.4 is 11.1 Å². The van der Waals surface area contributed by atoms with Gasteiger partial charge in [-0.1, -0.05) is 13.3 Å². The average Bonchev–Trinajstić information content (AvgIpc) is 2.16. The van der Waals surface area contributed by atoms with Crippen LogP contribution >= 0.6 is 0 Å². The molecule has 3 N–H and O–H groups in total. The smallest absolute Gasteiger partial charge is 0.126 e. The minimum Gasteiger partial charge on any atom is -0.368 e. The molecule has 1 aromatic heterocycles. The van der Waals surface area contributed by atoms with Gasteiger partial charge in [0.15, 0.2) is 0 Å². The summed E-state index contributed by atoms with van der Waals surface area (Å²) in [5.41, 5.74) is 7.94. The van der Waals surface area contributed by atoms with Crippen LogP contribution in [0.3, 0.4) is 0 Å². The van der Waals surface area contributed by atoms with Gasteiger partial charge in [0.05, 0.1) is 0 Å². The van der Waals surface area contributed by atoms with Gasteiger partial charge in [-0.3, -0.25) is 0 Å². The van der Waals surface area contributed by atoms with E-state index in [9.17, 15) is 0 Å². The van der Waals surface area contributed by atoms with Crippen molar-refractivity contribution in [3.05, 3.63) is 23.4 Å². The number of nitrogens with one attached hydrogen (secondary N) is 1. The largest absolute Gasteiger partial charge is 0.368 e. The predicted octanol–water partition coefficient (Wildman–Crippen LogP) is 2.31. The van der Waals surface area contributed by atoms with Crippen LogP contribution in [0.1, 0.15) is 38.4 Å². The highest BCUT2D eigenvalue weighted by Gasteiger charge is 2.02. The quantitative estimate of drug-likeness (QED) is 0.779. The van der Waals surface area contributed by atoms with Crippen LogP contribution in [0.2, 0.25) is 0 Å². The monoisotopic (exact) mass is 207 g/mol. The fraction of sp³-hybridized carbons (Fsp3) is 0.583. The summed E-state index contributed by atoms with van der Waals surface area (Å²) in [6, 6.07) is 4.52. The van der Waals surface area contributed by atoms with Gasteiger partial charge in [0.1, 0.15) is 5.82 Å². The Morgan fingerprint density at radius 1 is 1.40 bits per heavy atom. The van der Waals surface area contributed by atoms with E-state index in [2.05, 4.69) is 37.1 Å². The van der Waals surface area contributed by atoms with Gasteiger partial charge in [0.25, 0.3) is 0 Å². The van der Waals surface area contributed by atoms with E-state index < -0.39 is 0 Å². The van der Waals surface area contributed by atoms with Gasteiger partial charge < -0.3 is 11.1 Å². The summed E-state index contributed by atoms with van der Waals surface area (Å²) in [6.45, 7) is 6.95. The molecule has 3 heteroatoms. The van der Waals surface area contributed by atoms with E-state index in [0.29, 0.717) is 12.6 Å². The summed E-state index contributed by atoms with van der Waals surface area (Å²) in [4.78, 5) is 4.54. The van der Waals surface area contributed by atoms with Crippen LogP contribution in [-0.2, 0) is 13.0 Å². The molecule has 0 radical (unpaired) electrons. The molecule has 0 aromatic carbocycles. The Hall–Kier alpha value is -1.09. The Kier molecular flexibility index (Phi) is 4.56. The number of nitrogens with zero attached hydrogens (tertiary/aromatic N) is 1. The van der Waals surface area contributed by atoms with Crippen molar-refractivity contribution in [2.75, 3.05) is 5.32 Å². The lowest BCUT2D eigenvalue weighted by Crippen LogP contribution is -2.12. The summed E-state index contributed by atoms with van der Waals surface area (Å²) in [5, 5.41) is 3.31. The molecular weight excluding hydrogens is 186 g/mol. The van der Waals surface area contributed by atoms with E-state index in [0.717, 1.165) is 29.9 Å². The first kappa shape index (κ1) is 12.0. The molecule has 0 spiro atoms. The Balaban J connectivity index is 2.89. The Morgan fingerprint density at radius 2 is 2.13 bits per heavy atom. The molecule has 1 heterocycles. The number of anilines is 1. The molecule has 0 atom stereocenters. The number of hydrogen-bond donors (Lipinski definition) is 2. The summed E-state index contributed by atoms with van der Waals surface area (Å²) in [5.74, 6) is 0.941. The maximum absolute atomic E-state index is 5.66. The van der Waals surface area contributed by atoms with E-state index in [1.54, 1.807) is 0 Å². The Morgan fingerprint density at radius 3 is 2.67 bits per heavy atom. The number of aryl methyl sites for hydroxylation is 1. The second kappa shape index (κ2) is 5.71. The van der Waals surface area contributed by atoms with Crippen LogP contribution in [0.25, 0.3) is 0 Å². The Labute approximate surface area is 92.1 Å². The fourth-order valence-corrected chi connectivity index (χ4v) is 1.52. The number of nitrogens with two attached hydrogens (primary N) is 1. The zero-order valence-corrected chi connectivity index (χ0v) is 9.88. The summed E-state index contributed by atoms with van der Waals surface area (Å²) in [6.07, 6.45) is 2.13. The zero-order valence-electron chi connectivity index (χ0n) is 9.88. The van der Waals surface area contributed by atoms with Gasteiger partial charge in [0, 0.05) is 18.3 Å². The maximum Gasteiger partial charge on any atom is 0.126 e. The van der Waals surface area contributed by atoms with Gasteiger partial charge >= 0.3 is 0 Å². The molecule has 0 fully saturated rings.